The molecule has 0 spiro atoms. The number of carbonyl (C=O) groups is 1. The van der Waals surface area contributed by atoms with Gasteiger partial charge in [-0.2, -0.15) is 0 Å². The van der Waals surface area contributed by atoms with Crippen LogP contribution < -0.4 is 4.90 Å². The van der Waals surface area contributed by atoms with Crippen molar-refractivity contribution in [1.82, 2.24) is 4.98 Å². The van der Waals surface area contributed by atoms with Crippen molar-refractivity contribution >= 4 is 17.3 Å². The molecule has 2 aromatic carbocycles. The standard InChI is InChI=1S/C21H19N3O6/c25-21(29-14-20-22-13-19(30-20)15-4-2-1-3-5-15)16-6-7-17(18(12-16)24(26)27)23-8-10-28-11-9-23/h1-7,12-13H,8-11,14H2. The molecule has 3 aromatic rings. The van der Waals surface area contributed by atoms with Crippen LogP contribution >= 0.6 is 0 Å². The lowest BCUT2D eigenvalue weighted by molar-refractivity contribution is -0.384. The zero-order valence-corrected chi connectivity index (χ0v) is 16.0. The maximum atomic E-state index is 12.4. The summed E-state index contributed by atoms with van der Waals surface area (Å²) in [5.74, 6) is 0.111. The number of hydrogen-bond donors (Lipinski definition) is 0. The minimum atomic E-state index is -0.689. The topological polar surface area (TPSA) is 108 Å². The van der Waals surface area contributed by atoms with E-state index in [1.807, 2.05) is 35.2 Å². The van der Waals surface area contributed by atoms with Crippen molar-refractivity contribution in [3.8, 4) is 11.3 Å². The molecule has 9 heteroatoms. The Hall–Kier alpha value is -3.72. The van der Waals surface area contributed by atoms with Gasteiger partial charge in [-0.1, -0.05) is 30.3 Å². The molecule has 4 rings (SSSR count). The number of nitro benzene ring substituents is 1. The van der Waals surface area contributed by atoms with Gasteiger partial charge in [-0.05, 0) is 12.1 Å². The molecule has 0 radical (unpaired) electrons. The lowest BCUT2D eigenvalue weighted by atomic mass is 10.1. The Labute approximate surface area is 172 Å². The van der Waals surface area contributed by atoms with Gasteiger partial charge in [-0.3, -0.25) is 10.1 Å². The van der Waals surface area contributed by atoms with Crippen molar-refractivity contribution in [2.45, 2.75) is 6.61 Å². The van der Waals surface area contributed by atoms with Crippen molar-refractivity contribution < 1.29 is 23.6 Å². The zero-order valence-electron chi connectivity index (χ0n) is 16.0. The van der Waals surface area contributed by atoms with Crippen LogP contribution in [0.4, 0.5) is 11.4 Å². The molecule has 0 amide bonds. The zero-order chi connectivity index (χ0) is 20.9. The molecule has 1 saturated heterocycles. The Morgan fingerprint density at radius 3 is 2.67 bits per heavy atom. The van der Waals surface area contributed by atoms with Gasteiger partial charge in [0.05, 0.1) is 29.9 Å². The summed E-state index contributed by atoms with van der Waals surface area (Å²) >= 11 is 0. The van der Waals surface area contributed by atoms with E-state index < -0.39 is 10.9 Å². The van der Waals surface area contributed by atoms with Gasteiger partial charge in [0.25, 0.3) is 5.69 Å². The van der Waals surface area contributed by atoms with Gasteiger partial charge in [0.1, 0.15) is 5.69 Å². The fraction of sp³-hybridized carbons (Fsp3) is 0.238. The maximum Gasteiger partial charge on any atom is 0.338 e. The van der Waals surface area contributed by atoms with Crippen LogP contribution in [0.1, 0.15) is 16.2 Å². The van der Waals surface area contributed by atoms with Crippen LogP contribution in [-0.4, -0.2) is 42.2 Å². The highest BCUT2D eigenvalue weighted by atomic mass is 16.6. The Bertz CT molecular complexity index is 1040. The Balaban J connectivity index is 1.45. The molecular formula is C21H19N3O6. The van der Waals surface area contributed by atoms with Crippen molar-refractivity contribution in [3.63, 3.8) is 0 Å². The number of benzene rings is 2. The van der Waals surface area contributed by atoms with Gasteiger partial charge in [0.2, 0.25) is 5.89 Å². The largest absolute Gasteiger partial charge is 0.452 e. The van der Waals surface area contributed by atoms with Crippen LogP contribution in [-0.2, 0) is 16.1 Å². The lowest BCUT2D eigenvalue weighted by Gasteiger charge is -2.28. The minimum absolute atomic E-state index is 0.0912. The monoisotopic (exact) mass is 409 g/mol. The average molecular weight is 409 g/mol. The van der Waals surface area contributed by atoms with Crippen molar-refractivity contribution in [2.75, 3.05) is 31.2 Å². The van der Waals surface area contributed by atoms with Gasteiger partial charge in [-0.15, -0.1) is 0 Å². The number of esters is 1. The van der Waals surface area contributed by atoms with E-state index in [-0.39, 0.29) is 23.7 Å². The van der Waals surface area contributed by atoms with E-state index in [1.165, 1.54) is 12.1 Å². The first-order chi connectivity index (χ1) is 14.6. The first kappa shape index (κ1) is 19.6. The van der Waals surface area contributed by atoms with Crippen LogP contribution in [0.3, 0.4) is 0 Å². The first-order valence-corrected chi connectivity index (χ1v) is 9.40. The number of anilines is 1. The van der Waals surface area contributed by atoms with Gasteiger partial charge in [-0.25, -0.2) is 9.78 Å². The van der Waals surface area contributed by atoms with Crippen molar-refractivity contribution in [3.05, 3.63) is 76.3 Å². The number of ether oxygens (including phenoxy) is 2. The minimum Gasteiger partial charge on any atom is -0.452 e. The highest BCUT2D eigenvalue weighted by Crippen LogP contribution is 2.30. The smallest absolute Gasteiger partial charge is 0.338 e. The molecule has 0 N–H and O–H groups in total. The predicted octanol–water partition coefficient (Wildman–Crippen LogP) is 3.44. The van der Waals surface area contributed by atoms with E-state index in [0.29, 0.717) is 37.8 Å². The highest BCUT2D eigenvalue weighted by Gasteiger charge is 2.24. The quantitative estimate of drug-likeness (QED) is 0.346. The third-order valence-electron chi connectivity index (χ3n) is 4.70. The number of morpholine rings is 1. The predicted molar refractivity (Wildman–Crippen MR) is 107 cm³/mol. The molecule has 154 valence electrons. The Kier molecular flexibility index (Phi) is 5.71. The third-order valence-corrected chi connectivity index (χ3v) is 4.70. The SMILES string of the molecule is O=C(OCc1ncc(-c2ccccc2)o1)c1ccc(N2CCOCC2)c([N+](=O)[O-])c1. The summed E-state index contributed by atoms with van der Waals surface area (Å²) in [6.07, 6.45) is 1.56. The molecule has 0 unspecified atom stereocenters. The van der Waals surface area contributed by atoms with Gasteiger partial charge in [0, 0.05) is 24.7 Å². The number of rotatable bonds is 6. The van der Waals surface area contributed by atoms with Crippen LogP contribution in [0.25, 0.3) is 11.3 Å². The van der Waals surface area contributed by atoms with Crippen molar-refractivity contribution in [1.29, 1.82) is 0 Å². The van der Waals surface area contributed by atoms with E-state index >= 15 is 0 Å². The van der Waals surface area contributed by atoms with Gasteiger partial charge < -0.3 is 18.8 Å². The molecule has 0 saturated carbocycles. The molecule has 0 aliphatic carbocycles. The summed E-state index contributed by atoms with van der Waals surface area (Å²) in [6, 6.07) is 13.7. The van der Waals surface area contributed by atoms with E-state index in [1.54, 1.807) is 12.3 Å². The molecule has 30 heavy (non-hydrogen) atoms. The Morgan fingerprint density at radius 2 is 1.93 bits per heavy atom. The summed E-state index contributed by atoms with van der Waals surface area (Å²) < 4.78 is 16.1. The molecule has 1 aromatic heterocycles. The molecule has 9 nitrogen and oxygen atoms in total. The molecule has 2 heterocycles. The van der Waals surface area contributed by atoms with E-state index in [4.69, 9.17) is 13.9 Å². The molecule has 1 aliphatic rings. The van der Waals surface area contributed by atoms with E-state index in [0.717, 1.165) is 5.56 Å². The number of oxazole rings is 1. The van der Waals surface area contributed by atoms with E-state index in [9.17, 15) is 14.9 Å². The summed E-state index contributed by atoms with van der Waals surface area (Å²) in [6.45, 7) is 1.94. The Morgan fingerprint density at radius 1 is 1.17 bits per heavy atom. The average Bonchev–Trinajstić information content (AvgIpc) is 3.27. The second kappa shape index (κ2) is 8.75. The normalized spacial score (nSPS) is 13.8. The van der Waals surface area contributed by atoms with E-state index in [2.05, 4.69) is 4.98 Å². The second-order valence-corrected chi connectivity index (χ2v) is 6.62. The maximum absolute atomic E-state index is 12.4. The molecule has 1 fully saturated rings. The third kappa shape index (κ3) is 4.31. The molecular weight excluding hydrogens is 390 g/mol. The molecule has 1 aliphatic heterocycles. The number of hydrogen-bond acceptors (Lipinski definition) is 8. The number of carbonyl (C=O) groups excluding carboxylic acids is 1. The highest BCUT2D eigenvalue weighted by molar-refractivity contribution is 5.91. The summed E-state index contributed by atoms with van der Waals surface area (Å²) in [5.41, 5.74) is 1.26. The van der Waals surface area contributed by atoms with Crippen molar-refractivity contribution in [2.24, 2.45) is 0 Å². The fourth-order valence-electron chi connectivity index (χ4n) is 3.19. The second-order valence-electron chi connectivity index (χ2n) is 6.62. The fourth-order valence-corrected chi connectivity index (χ4v) is 3.19. The summed E-state index contributed by atoms with van der Waals surface area (Å²) in [4.78, 5) is 29.4. The molecule has 0 bridgehead atoms. The van der Waals surface area contributed by atoms with Crippen LogP contribution in [0.2, 0.25) is 0 Å². The lowest BCUT2D eigenvalue weighted by Crippen LogP contribution is -2.36. The number of nitrogens with zero attached hydrogens (tertiary/aromatic N) is 3. The van der Waals surface area contributed by atoms with Gasteiger partial charge in [0.15, 0.2) is 12.4 Å². The number of nitro groups is 1. The van der Waals surface area contributed by atoms with Gasteiger partial charge >= 0.3 is 5.97 Å². The number of aromatic nitrogens is 1. The molecule has 0 atom stereocenters. The summed E-state index contributed by atoms with van der Waals surface area (Å²) in [7, 11) is 0. The summed E-state index contributed by atoms with van der Waals surface area (Å²) in [5, 5.41) is 11.5. The van der Waals surface area contributed by atoms with Crippen LogP contribution in [0.15, 0.2) is 59.1 Å². The van der Waals surface area contributed by atoms with Crippen LogP contribution in [0.5, 0.6) is 0 Å². The first-order valence-electron chi connectivity index (χ1n) is 9.40. The van der Waals surface area contributed by atoms with Crippen LogP contribution in [0, 0.1) is 10.1 Å².